The number of ether oxygens (including phenoxy) is 2. The smallest absolute Gasteiger partial charge is 0.259 e. The summed E-state index contributed by atoms with van der Waals surface area (Å²) in [6.45, 7) is 6.50. The molecule has 0 saturated heterocycles. The second-order valence-electron chi connectivity index (χ2n) is 6.17. The van der Waals surface area contributed by atoms with Crippen molar-refractivity contribution in [3.63, 3.8) is 0 Å². The van der Waals surface area contributed by atoms with Crippen LogP contribution in [0.3, 0.4) is 0 Å². The SMILES string of the molecule is COCCCN(Cc1nc2sc(C)c(C)c2c(=O)[nH]1)C[C@@H](O)COC. The summed E-state index contributed by atoms with van der Waals surface area (Å²) in [5.41, 5.74) is 0.892. The van der Waals surface area contributed by atoms with Crippen molar-refractivity contribution in [3.8, 4) is 0 Å². The highest BCUT2D eigenvalue weighted by Crippen LogP contribution is 2.25. The van der Waals surface area contributed by atoms with Crippen molar-refractivity contribution < 1.29 is 14.6 Å². The number of aromatic amines is 1. The van der Waals surface area contributed by atoms with Crippen molar-refractivity contribution in [2.24, 2.45) is 0 Å². The lowest BCUT2D eigenvalue weighted by Crippen LogP contribution is -2.36. The summed E-state index contributed by atoms with van der Waals surface area (Å²) in [5, 5.41) is 10.7. The molecule has 0 unspecified atom stereocenters. The van der Waals surface area contributed by atoms with E-state index >= 15 is 0 Å². The van der Waals surface area contributed by atoms with E-state index in [4.69, 9.17) is 9.47 Å². The molecule has 2 rings (SSSR count). The van der Waals surface area contributed by atoms with Crippen molar-refractivity contribution in [1.82, 2.24) is 14.9 Å². The number of aliphatic hydroxyl groups is 1. The molecule has 1 atom stereocenters. The van der Waals surface area contributed by atoms with Crippen molar-refractivity contribution in [2.75, 3.05) is 40.5 Å². The van der Waals surface area contributed by atoms with E-state index in [2.05, 4.69) is 14.9 Å². The van der Waals surface area contributed by atoms with E-state index in [9.17, 15) is 9.90 Å². The van der Waals surface area contributed by atoms with Crippen LogP contribution >= 0.6 is 11.3 Å². The fraction of sp³-hybridized carbons (Fsp3) is 0.647. The lowest BCUT2D eigenvalue weighted by atomic mass is 10.2. The van der Waals surface area contributed by atoms with Crippen LogP contribution < -0.4 is 5.56 Å². The highest BCUT2D eigenvalue weighted by Gasteiger charge is 2.16. The van der Waals surface area contributed by atoms with E-state index in [0.29, 0.717) is 30.9 Å². The number of methoxy groups -OCH3 is 2. The van der Waals surface area contributed by atoms with Crippen LogP contribution in [-0.2, 0) is 16.0 Å². The molecular weight excluding hydrogens is 342 g/mol. The summed E-state index contributed by atoms with van der Waals surface area (Å²) >= 11 is 1.54. The average molecular weight is 369 g/mol. The van der Waals surface area contributed by atoms with Crippen LogP contribution in [0, 0.1) is 13.8 Å². The second-order valence-corrected chi connectivity index (χ2v) is 7.37. The minimum atomic E-state index is -0.589. The number of aromatic nitrogens is 2. The number of hydrogen-bond donors (Lipinski definition) is 2. The Kier molecular flexibility index (Phi) is 7.52. The molecule has 8 heteroatoms. The summed E-state index contributed by atoms with van der Waals surface area (Å²) in [7, 11) is 3.23. The predicted octanol–water partition coefficient (Wildman–Crippen LogP) is 1.45. The quantitative estimate of drug-likeness (QED) is 0.616. The first kappa shape index (κ1) is 20.0. The molecule has 0 fully saturated rings. The van der Waals surface area contributed by atoms with Gasteiger partial charge in [0.1, 0.15) is 10.7 Å². The Morgan fingerprint density at radius 2 is 2.08 bits per heavy atom. The monoisotopic (exact) mass is 369 g/mol. The summed E-state index contributed by atoms with van der Waals surface area (Å²) < 4.78 is 10.1. The number of nitrogens with zero attached hydrogens (tertiary/aromatic N) is 2. The summed E-state index contributed by atoms with van der Waals surface area (Å²) in [6, 6.07) is 0. The highest BCUT2D eigenvalue weighted by atomic mass is 32.1. The lowest BCUT2D eigenvalue weighted by Gasteiger charge is -2.24. The molecular formula is C17H27N3O4S. The van der Waals surface area contributed by atoms with Crippen LogP contribution in [0.5, 0.6) is 0 Å². The van der Waals surface area contributed by atoms with Crippen molar-refractivity contribution in [1.29, 1.82) is 0 Å². The van der Waals surface area contributed by atoms with Crippen LogP contribution in [0.2, 0.25) is 0 Å². The zero-order valence-electron chi connectivity index (χ0n) is 15.3. The molecule has 2 N–H and O–H groups in total. The Labute approximate surface area is 151 Å². The standard InChI is InChI=1S/C17H27N3O4S/c1-11-12(2)25-17-15(11)16(22)18-14(19-17)9-20(6-5-7-23-3)8-13(21)10-24-4/h13,21H,5-10H2,1-4H3,(H,18,19,22)/t13-/m1/s1. The molecule has 0 aromatic carbocycles. The number of aliphatic hydroxyl groups excluding tert-OH is 1. The van der Waals surface area contributed by atoms with E-state index in [-0.39, 0.29) is 12.2 Å². The molecule has 25 heavy (non-hydrogen) atoms. The Bertz CT molecular complexity index is 743. The van der Waals surface area contributed by atoms with E-state index in [1.54, 1.807) is 14.2 Å². The number of thiophene rings is 1. The second kappa shape index (κ2) is 9.40. The van der Waals surface area contributed by atoms with Crippen LogP contribution in [-0.4, -0.2) is 66.6 Å². The molecule has 0 spiro atoms. The maximum atomic E-state index is 12.4. The van der Waals surface area contributed by atoms with E-state index in [1.165, 1.54) is 11.3 Å². The molecule has 0 aliphatic rings. The van der Waals surface area contributed by atoms with Gasteiger partial charge in [0.2, 0.25) is 0 Å². The van der Waals surface area contributed by atoms with Gasteiger partial charge < -0.3 is 19.6 Å². The molecule has 2 aromatic rings. The Morgan fingerprint density at radius 3 is 2.76 bits per heavy atom. The summed E-state index contributed by atoms with van der Waals surface area (Å²) in [5.74, 6) is 0.612. The van der Waals surface area contributed by atoms with Gasteiger partial charge in [0.15, 0.2) is 0 Å². The Balaban J connectivity index is 2.18. The first-order valence-corrected chi connectivity index (χ1v) is 9.15. The number of aryl methyl sites for hydroxylation is 2. The largest absolute Gasteiger partial charge is 0.389 e. The lowest BCUT2D eigenvalue weighted by molar-refractivity contribution is 0.0331. The number of hydrogen-bond acceptors (Lipinski definition) is 7. The third kappa shape index (κ3) is 5.32. The molecule has 0 aliphatic heterocycles. The van der Waals surface area contributed by atoms with Crippen molar-refractivity contribution >= 4 is 21.6 Å². The summed E-state index contributed by atoms with van der Waals surface area (Å²) in [6.07, 6.45) is 0.245. The average Bonchev–Trinajstić information content (AvgIpc) is 2.82. The maximum Gasteiger partial charge on any atom is 0.259 e. The van der Waals surface area contributed by atoms with Crippen molar-refractivity contribution in [2.45, 2.75) is 32.9 Å². The third-order valence-electron chi connectivity index (χ3n) is 4.11. The molecule has 2 aromatic heterocycles. The first-order valence-electron chi connectivity index (χ1n) is 8.33. The van der Waals surface area contributed by atoms with Gasteiger partial charge in [-0.15, -0.1) is 11.3 Å². The molecule has 0 radical (unpaired) electrons. The van der Waals surface area contributed by atoms with Gasteiger partial charge in [-0.2, -0.15) is 0 Å². The van der Waals surface area contributed by atoms with Gasteiger partial charge in [-0.05, 0) is 25.8 Å². The number of rotatable bonds is 10. The number of nitrogens with one attached hydrogen (secondary N) is 1. The van der Waals surface area contributed by atoms with E-state index < -0.39 is 6.10 Å². The predicted molar refractivity (Wildman–Crippen MR) is 99.4 cm³/mol. The third-order valence-corrected chi connectivity index (χ3v) is 5.21. The topological polar surface area (TPSA) is 87.7 Å². The van der Waals surface area contributed by atoms with Crippen LogP contribution in [0.25, 0.3) is 10.2 Å². The normalized spacial score (nSPS) is 13.0. The first-order chi connectivity index (χ1) is 12.0. The Morgan fingerprint density at radius 1 is 1.32 bits per heavy atom. The van der Waals surface area contributed by atoms with Gasteiger partial charge in [0.25, 0.3) is 5.56 Å². The van der Waals surface area contributed by atoms with Gasteiger partial charge in [0, 0.05) is 38.8 Å². The van der Waals surface area contributed by atoms with Gasteiger partial charge in [-0.3, -0.25) is 9.69 Å². The fourth-order valence-corrected chi connectivity index (χ4v) is 3.85. The van der Waals surface area contributed by atoms with Gasteiger partial charge in [0.05, 0.1) is 24.6 Å². The maximum absolute atomic E-state index is 12.4. The Hall–Kier alpha value is -1.32. The highest BCUT2D eigenvalue weighted by molar-refractivity contribution is 7.18. The van der Waals surface area contributed by atoms with Gasteiger partial charge in [-0.1, -0.05) is 0 Å². The van der Waals surface area contributed by atoms with Crippen LogP contribution in [0.4, 0.5) is 0 Å². The molecule has 140 valence electrons. The minimum absolute atomic E-state index is 0.101. The molecule has 2 heterocycles. The molecule has 0 saturated carbocycles. The summed E-state index contributed by atoms with van der Waals surface area (Å²) in [4.78, 5) is 23.8. The molecule has 0 amide bonds. The molecule has 0 aliphatic carbocycles. The van der Waals surface area contributed by atoms with Crippen LogP contribution in [0.15, 0.2) is 4.79 Å². The zero-order valence-corrected chi connectivity index (χ0v) is 16.1. The van der Waals surface area contributed by atoms with Gasteiger partial charge >= 0.3 is 0 Å². The van der Waals surface area contributed by atoms with Crippen LogP contribution in [0.1, 0.15) is 22.7 Å². The minimum Gasteiger partial charge on any atom is -0.389 e. The molecule has 7 nitrogen and oxygen atoms in total. The zero-order chi connectivity index (χ0) is 18.4. The number of fused-ring (bicyclic) bond motifs is 1. The van der Waals surface area contributed by atoms with Gasteiger partial charge in [-0.25, -0.2) is 4.98 Å². The van der Waals surface area contributed by atoms with Crippen molar-refractivity contribution in [3.05, 3.63) is 26.6 Å². The molecule has 0 bridgehead atoms. The van der Waals surface area contributed by atoms with E-state index in [0.717, 1.165) is 28.2 Å². The number of H-pyrrole nitrogens is 1. The van der Waals surface area contributed by atoms with E-state index in [1.807, 2.05) is 13.8 Å². The fourth-order valence-electron chi connectivity index (χ4n) is 2.80.